The molecule has 3 rings (SSSR count). The number of aliphatic imine (C=N–C) groups is 1. The van der Waals surface area contributed by atoms with Crippen LogP contribution in [0.1, 0.15) is 31.2 Å². The molecule has 29 heavy (non-hydrogen) atoms. The summed E-state index contributed by atoms with van der Waals surface area (Å²) in [7, 11) is 2.03. The predicted octanol–water partition coefficient (Wildman–Crippen LogP) is 3.37. The number of hydrogen-bond donors (Lipinski definition) is 1. The number of hydrogen-bond acceptors (Lipinski definition) is 4. The van der Waals surface area contributed by atoms with E-state index in [0.717, 1.165) is 61.3 Å². The molecule has 1 fully saturated rings. The summed E-state index contributed by atoms with van der Waals surface area (Å²) in [5, 5.41) is 12.4. The van der Waals surface area contributed by atoms with E-state index in [9.17, 15) is 0 Å². The lowest BCUT2D eigenvalue weighted by atomic mass is 10.2. The summed E-state index contributed by atoms with van der Waals surface area (Å²) in [4.78, 5) is 6.92. The highest BCUT2D eigenvalue weighted by atomic mass is 127. The lowest BCUT2D eigenvalue weighted by molar-refractivity contribution is 0.117. The highest BCUT2D eigenvalue weighted by Crippen LogP contribution is 2.17. The van der Waals surface area contributed by atoms with Gasteiger partial charge in [0.1, 0.15) is 12.2 Å². The van der Waals surface area contributed by atoms with Crippen LogP contribution in [0.4, 0.5) is 0 Å². The Balaban J connectivity index is 0.00000300. The number of nitrogens with zero attached hydrogens (tertiary/aromatic N) is 5. The van der Waals surface area contributed by atoms with Crippen molar-refractivity contribution in [3.63, 3.8) is 0 Å². The number of ether oxygens (including phenoxy) is 1. The Hall–Kier alpha value is -1.39. The van der Waals surface area contributed by atoms with Crippen molar-refractivity contribution in [3.05, 3.63) is 47.0 Å². The van der Waals surface area contributed by atoms with E-state index in [0.29, 0.717) is 13.1 Å². The van der Waals surface area contributed by atoms with Crippen molar-refractivity contribution in [1.82, 2.24) is 25.0 Å². The van der Waals surface area contributed by atoms with Gasteiger partial charge in [0.15, 0.2) is 5.96 Å². The molecule has 0 radical (unpaired) electrons. The van der Waals surface area contributed by atoms with Crippen LogP contribution in [-0.2, 0) is 24.2 Å². The van der Waals surface area contributed by atoms with Crippen molar-refractivity contribution in [2.45, 2.75) is 45.4 Å². The first-order valence-electron chi connectivity index (χ1n) is 9.88. The molecule has 2 heterocycles. The van der Waals surface area contributed by atoms with Gasteiger partial charge in [-0.3, -0.25) is 4.99 Å². The van der Waals surface area contributed by atoms with Crippen LogP contribution in [0.25, 0.3) is 0 Å². The molecule has 1 aromatic heterocycles. The number of nitrogens with one attached hydrogen (secondary N) is 1. The Kier molecular flexibility index (Phi) is 10.2. The Morgan fingerprint density at radius 3 is 2.97 bits per heavy atom. The summed E-state index contributed by atoms with van der Waals surface area (Å²) in [6.45, 7) is 5.80. The molecule has 1 aromatic carbocycles. The van der Waals surface area contributed by atoms with Crippen molar-refractivity contribution >= 4 is 41.5 Å². The van der Waals surface area contributed by atoms with Crippen LogP contribution in [0, 0.1) is 0 Å². The lowest BCUT2D eigenvalue weighted by Crippen LogP contribution is -2.40. The van der Waals surface area contributed by atoms with E-state index in [4.69, 9.17) is 21.3 Å². The zero-order valence-corrected chi connectivity index (χ0v) is 20.1. The fourth-order valence-corrected chi connectivity index (χ4v) is 3.47. The second-order valence-corrected chi connectivity index (χ2v) is 7.37. The lowest BCUT2D eigenvalue weighted by Gasteiger charge is -2.24. The number of benzene rings is 1. The first-order valence-corrected chi connectivity index (χ1v) is 10.3. The van der Waals surface area contributed by atoms with E-state index >= 15 is 0 Å². The van der Waals surface area contributed by atoms with Gasteiger partial charge in [0.05, 0.1) is 12.6 Å². The number of aryl methyl sites for hydroxylation is 1. The Morgan fingerprint density at radius 1 is 1.41 bits per heavy atom. The monoisotopic (exact) mass is 532 g/mol. The van der Waals surface area contributed by atoms with E-state index in [1.807, 2.05) is 31.3 Å². The van der Waals surface area contributed by atoms with Gasteiger partial charge in [-0.15, -0.1) is 34.2 Å². The summed E-state index contributed by atoms with van der Waals surface area (Å²) in [5.74, 6) is 1.84. The molecule has 2 aromatic rings. The van der Waals surface area contributed by atoms with Crippen molar-refractivity contribution < 1.29 is 4.74 Å². The van der Waals surface area contributed by atoms with Gasteiger partial charge in [-0.2, -0.15) is 0 Å². The van der Waals surface area contributed by atoms with Crippen LogP contribution in [-0.4, -0.2) is 58.5 Å². The molecule has 0 aliphatic carbocycles. The number of guanidine groups is 1. The SMILES string of the molecule is CCc1nncn1CCNC(=NCC1CCCO1)N(C)Cc1ccccc1Cl.I. The average molecular weight is 533 g/mol. The molecule has 0 spiro atoms. The fraction of sp³-hybridized carbons (Fsp3) is 0.550. The molecule has 1 N–H and O–H groups in total. The average Bonchev–Trinajstić information content (AvgIpc) is 3.37. The number of aromatic nitrogens is 3. The summed E-state index contributed by atoms with van der Waals surface area (Å²) in [6.07, 6.45) is 5.05. The van der Waals surface area contributed by atoms with E-state index in [2.05, 4.69) is 31.9 Å². The first-order chi connectivity index (χ1) is 13.7. The molecule has 160 valence electrons. The quantitative estimate of drug-likeness (QED) is 0.321. The summed E-state index contributed by atoms with van der Waals surface area (Å²) < 4.78 is 7.79. The third-order valence-corrected chi connectivity index (χ3v) is 5.21. The van der Waals surface area contributed by atoms with Crippen LogP contribution >= 0.6 is 35.6 Å². The fourth-order valence-electron chi connectivity index (χ4n) is 3.27. The van der Waals surface area contributed by atoms with E-state index in [-0.39, 0.29) is 30.1 Å². The van der Waals surface area contributed by atoms with Gasteiger partial charge in [0.25, 0.3) is 0 Å². The van der Waals surface area contributed by atoms with E-state index in [1.165, 1.54) is 0 Å². The normalized spacial score (nSPS) is 16.5. The van der Waals surface area contributed by atoms with Gasteiger partial charge >= 0.3 is 0 Å². The third kappa shape index (κ3) is 7.11. The molecule has 1 saturated heterocycles. The predicted molar refractivity (Wildman–Crippen MR) is 127 cm³/mol. The summed E-state index contributed by atoms with van der Waals surface area (Å²) >= 11 is 6.33. The molecule has 1 atom stereocenters. The van der Waals surface area contributed by atoms with Crippen molar-refractivity contribution in [2.75, 3.05) is 26.7 Å². The van der Waals surface area contributed by atoms with Gasteiger partial charge in [-0.25, -0.2) is 0 Å². The molecule has 1 aliphatic rings. The molecule has 0 bridgehead atoms. The largest absolute Gasteiger partial charge is 0.376 e. The van der Waals surface area contributed by atoms with Gasteiger partial charge < -0.3 is 19.5 Å². The second kappa shape index (κ2) is 12.3. The minimum Gasteiger partial charge on any atom is -0.376 e. The van der Waals surface area contributed by atoms with Gasteiger partial charge in [0, 0.05) is 44.7 Å². The molecule has 7 nitrogen and oxygen atoms in total. The van der Waals surface area contributed by atoms with E-state index in [1.54, 1.807) is 6.33 Å². The second-order valence-electron chi connectivity index (χ2n) is 6.97. The molecular formula is C20H30ClIN6O. The highest BCUT2D eigenvalue weighted by molar-refractivity contribution is 14.0. The first kappa shape index (κ1) is 23.9. The summed E-state index contributed by atoms with van der Waals surface area (Å²) in [6, 6.07) is 7.91. The Bertz CT molecular complexity index is 778. The minimum absolute atomic E-state index is 0. The maximum atomic E-state index is 6.33. The minimum atomic E-state index is 0. The molecule has 0 amide bonds. The molecule has 0 saturated carbocycles. The Labute approximate surface area is 194 Å². The van der Waals surface area contributed by atoms with E-state index < -0.39 is 0 Å². The third-order valence-electron chi connectivity index (χ3n) is 4.84. The van der Waals surface area contributed by atoms with Crippen LogP contribution < -0.4 is 5.32 Å². The Morgan fingerprint density at radius 2 is 2.24 bits per heavy atom. The van der Waals surface area contributed by atoms with Crippen molar-refractivity contribution in [2.24, 2.45) is 4.99 Å². The van der Waals surface area contributed by atoms with Crippen LogP contribution in [0.15, 0.2) is 35.6 Å². The maximum absolute atomic E-state index is 6.33. The van der Waals surface area contributed by atoms with Crippen LogP contribution in [0.3, 0.4) is 0 Å². The summed E-state index contributed by atoms with van der Waals surface area (Å²) in [5.41, 5.74) is 1.07. The molecule has 1 aliphatic heterocycles. The highest BCUT2D eigenvalue weighted by Gasteiger charge is 2.16. The maximum Gasteiger partial charge on any atom is 0.194 e. The zero-order valence-electron chi connectivity index (χ0n) is 17.1. The van der Waals surface area contributed by atoms with Crippen molar-refractivity contribution in [3.8, 4) is 0 Å². The molecular weight excluding hydrogens is 503 g/mol. The standard InChI is InChI=1S/C20H29ClN6O.HI/c1-3-19-25-24-15-27(19)11-10-22-20(23-13-17-8-6-12-28-17)26(2)14-16-7-4-5-9-18(16)21;/h4-5,7,9,15,17H,3,6,8,10-14H2,1-2H3,(H,22,23);1H. The van der Waals surface area contributed by atoms with Crippen molar-refractivity contribution in [1.29, 1.82) is 0 Å². The smallest absolute Gasteiger partial charge is 0.194 e. The van der Waals surface area contributed by atoms with Crippen LogP contribution in [0.2, 0.25) is 5.02 Å². The van der Waals surface area contributed by atoms with Crippen LogP contribution in [0.5, 0.6) is 0 Å². The zero-order chi connectivity index (χ0) is 19.8. The molecule has 9 heteroatoms. The number of rotatable bonds is 8. The topological polar surface area (TPSA) is 67.6 Å². The number of halogens is 2. The van der Waals surface area contributed by atoms with Gasteiger partial charge in [0.2, 0.25) is 0 Å². The molecule has 1 unspecified atom stereocenters. The van der Waals surface area contributed by atoms with Gasteiger partial charge in [-0.05, 0) is 24.5 Å². The van der Waals surface area contributed by atoms with Gasteiger partial charge in [-0.1, -0.05) is 36.7 Å².